The van der Waals surface area contributed by atoms with E-state index in [1.165, 1.54) is 12.1 Å². The lowest BCUT2D eigenvalue weighted by Gasteiger charge is -2.32. The van der Waals surface area contributed by atoms with Crippen LogP contribution in [0, 0.1) is 5.82 Å². The van der Waals surface area contributed by atoms with E-state index in [4.69, 9.17) is 4.74 Å². The third-order valence-electron chi connectivity index (χ3n) is 8.78. The summed E-state index contributed by atoms with van der Waals surface area (Å²) in [5, 5.41) is 2.95. The molecule has 3 atom stereocenters. The summed E-state index contributed by atoms with van der Waals surface area (Å²) in [5.74, 6) is -0.901. The highest BCUT2D eigenvalue weighted by molar-refractivity contribution is 7.90. The average Bonchev–Trinajstić information content (AvgIpc) is 3.84. The van der Waals surface area contributed by atoms with Crippen LogP contribution in [0.2, 0.25) is 0 Å². The number of sulfone groups is 1. The van der Waals surface area contributed by atoms with Gasteiger partial charge in [-0.2, -0.15) is 0 Å². The Bertz CT molecular complexity index is 1710. The molecule has 0 aromatic heterocycles. The van der Waals surface area contributed by atoms with E-state index in [-0.39, 0.29) is 41.5 Å². The molecule has 2 fully saturated rings. The molecule has 1 N–H and O–H groups in total. The molecule has 2 aliphatic rings. The number of nitrogens with one attached hydrogen (secondary N) is 1. The number of carbonyl (C=O) groups is 3. The van der Waals surface area contributed by atoms with Crippen LogP contribution in [-0.2, 0) is 19.4 Å². The van der Waals surface area contributed by atoms with E-state index in [0.717, 1.165) is 42.2 Å². The smallest absolute Gasteiger partial charge is 0.410 e. The minimum atomic E-state index is -3.31. The molecule has 48 heavy (non-hydrogen) atoms. The second-order valence-corrected chi connectivity index (χ2v) is 15.7. The topological polar surface area (TPSA) is 113 Å². The maximum atomic E-state index is 13.8. The number of halogens is 1. The molecular formula is C37H44FN3O6S. The van der Waals surface area contributed by atoms with Crippen LogP contribution in [0.25, 0.3) is 11.1 Å². The fraction of sp³-hybridized carbons (Fsp3) is 0.432. The van der Waals surface area contributed by atoms with Crippen molar-refractivity contribution in [3.8, 4) is 11.1 Å². The van der Waals surface area contributed by atoms with Gasteiger partial charge in [0.05, 0.1) is 4.90 Å². The zero-order valence-corrected chi connectivity index (χ0v) is 28.8. The number of amides is 3. The summed E-state index contributed by atoms with van der Waals surface area (Å²) in [6, 6.07) is 18.7. The fourth-order valence-electron chi connectivity index (χ4n) is 6.12. The van der Waals surface area contributed by atoms with Crippen LogP contribution < -0.4 is 5.32 Å². The maximum Gasteiger partial charge on any atom is 0.410 e. The molecule has 1 aliphatic heterocycles. The van der Waals surface area contributed by atoms with Gasteiger partial charge in [0.15, 0.2) is 9.84 Å². The Hall–Kier alpha value is -4.25. The van der Waals surface area contributed by atoms with Gasteiger partial charge < -0.3 is 19.9 Å². The molecule has 3 amide bonds. The Morgan fingerprint density at radius 1 is 0.917 bits per heavy atom. The third-order valence-corrected chi connectivity index (χ3v) is 9.90. The summed E-state index contributed by atoms with van der Waals surface area (Å²) >= 11 is 0. The standard InChI is InChI=1S/C37H44FN3O6S/c1-37(2,3)47-36(44)41(33-24-31(33)27-12-16-29(38)17-13-27)23-20-32(35(43)40-21-6-5-7-22-40)39-34(42)28-10-8-25(9-11-28)26-14-18-30(19-15-26)48(4,45)46/h8-19,31-33H,5-7,20-24H2,1-4H3,(H,39,42)/t31-,32-,33+/m0/s1. The van der Waals surface area contributed by atoms with Crippen molar-refractivity contribution in [2.45, 2.75) is 81.4 Å². The van der Waals surface area contributed by atoms with Crippen molar-refractivity contribution in [2.24, 2.45) is 0 Å². The molecule has 1 saturated carbocycles. The van der Waals surface area contributed by atoms with Crippen LogP contribution in [0.5, 0.6) is 0 Å². The highest BCUT2D eigenvalue weighted by Crippen LogP contribution is 2.45. The van der Waals surface area contributed by atoms with Gasteiger partial charge in [-0.1, -0.05) is 36.4 Å². The number of hydrogen-bond donors (Lipinski definition) is 1. The predicted molar refractivity (Wildman–Crippen MR) is 182 cm³/mol. The molecule has 0 bridgehead atoms. The van der Waals surface area contributed by atoms with Crippen LogP contribution in [0.1, 0.15) is 74.7 Å². The lowest BCUT2D eigenvalue weighted by Crippen LogP contribution is -2.51. The summed E-state index contributed by atoms with van der Waals surface area (Å²) in [5.41, 5.74) is 2.17. The average molecular weight is 678 g/mol. The molecule has 5 rings (SSSR count). The van der Waals surface area contributed by atoms with Crippen molar-refractivity contribution in [1.29, 1.82) is 0 Å². The maximum absolute atomic E-state index is 13.8. The Labute approximate surface area is 282 Å². The van der Waals surface area contributed by atoms with Crippen LogP contribution in [0.15, 0.2) is 77.7 Å². The highest BCUT2D eigenvalue weighted by Gasteiger charge is 2.46. The van der Waals surface area contributed by atoms with Crippen LogP contribution in [-0.4, -0.2) is 79.7 Å². The quantitative estimate of drug-likeness (QED) is 0.274. The van der Waals surface area contributed by atoms with E-state index >= 15 is 0 Å². The first-order chi connectivity index (χ1) is 22.7. The Balaban J connectivity index is 1.32. The first kappa shape index (κ1) is 35.1. The number of benzene rings is 3. The van der Waals surface area contributed by atoms with Gasteiger partial charge in [0.1, 0.15) is 17.5 Å². The number of nitrogens with zero attached hydrogens (tertiary/aromatic N) is 2. The zero-order chi connectivity index (χ0) is 34.6. The zero-order valence-electron chi connectivity index (χ0n) is 27.9. The van der Waals surface area contributed by atoms with Crippen molar-refractivity contribution in [3.63, 3.8) is 0 Å². The minimum absolute atomic E-state index is 0.0186. The fourth-order valence-corrected chi connectivity index (χ4v) is 6.75. The number of ether oxygens (including phenoxy) is 1. The summed E-state index contributed by atoms with van der Waals surface area (Å²) in [4.78, 5) is 44.5. The van der Waals surface area contributed by atoms with E-state index in [1.54, 1.807) is 91.2 Å². The van der Waals surface area contributed by atoms with E-state index in [9.17, 15) is 27.2 Å². The molecule has 3 aromatic carbocycles. The van der Waals surface area contributed by atoms with Gasteiger partial charge >= 0.3 is 6.09 Å². The van der Waals surface area contributed by atoms with E-state index in [0.29, 0.717) is 25.1 Å². The van der Waals surface area contributed by atoms with Gasteiger partial charge in [0.25, 0.3) is 5.91 Å². The van der Waals surface area contributed by atoms with Gasteiger partial charge in [-0.25, -0.2) is 17.6 Å². The van der Waals surface area contributed by atoms with Gasteiger partial charge in [-0.05, 0) is 106 Å². The Morgan fingerprint density at radius 2 is 1.50 bits per heavy atom. The molecule has 3 aromatic rings. The van der Waals surface area contributed by atoms with E-state index in [1.807, 2.05) is 0 Å². The number of piperidine rings is 1. The third kappa shape index (κ3) is 9.00. The molecule has 1 heterocycles. The number of hydrogen-bond acceptors (Lipinski definition) is 6. The lowest BCUT2D eigenvalue weighted by molar-refractivity contribution is -0.134. The lowest BCUT2D eigenvalue weighted by atomic mass is 10.0. The molecule has 0 spiro atoms. The molecule has 1 aliphatic carbocycles. The summed E-state index contributed by atoms with van der Waals surface area (Å²) in [6.45, 7) is 6.81. The van der Waals surface area contributed by atoms with Crippen molar-refractivity contribution in [3.05, 3.63) is 89.7 Å². The van der Waals surface area contributed by atoms with Crippen molar-refractivity contribution in [1.82, 2.24) is 15.1 Å². The normalized spacial score (nSPS) is 18.5. The summed E-state index contributed by atoms with van der Waals surface area (Å²) in [6.07, 6.45) is 4.37. The SMILES string of the molecule is CC(C)(C)OC(=O)N(CC[C@H](NC(=O)c1ccc(-c2ccc(S(C)(=O)=O)cc2)cc1)C(=O)N1CCCCC1)[C@@H]1C[C@H]1c1ccc(F)cc1. The molecule has 0 radical (unpaired) electrons. The molecule has 0 unspecified atom stereocenters. The molecular weight excluding hydrogens is 633 g/mol. The molecule has 1 saturated heterocycles. The molecule has 11 heteroatoms. The van der Waals surface area contributed by atoms with E-state index in [2.05, 4.69) is 5.32 Å². The van der Waals surface area contributed by atoms with Crippen molar-refractivity contribution >= 4 is 27.7 Å². The second kappa shape index (κ2) is 14.5. The van der Waals surface area contributed by atoms with Crippen molar-refractivity contribution in [2.75, 3.05) is 25.9 Å². The number of likely N-dealkylation sites (tertiary alicyclic amines) is 1. The Morgan fingerprint density at radius 3 is 2.06 bits per heavy atom. The monoisotopic (exact) mass is 677 g/mol. The van der Waals surface area contributed by atoms with Gasteiger partial charge in [-0.3, -0.25) is 9.59 Å². The second-order valence-electron chi connectivity index (χ2n) is 13.7. The van der Waals surface area contributed by atoms with Gasteiger partial charge in [0, 0.05) is 43.4 Å². The largest absolute Gasteiger partial charge is 0.444 e. The highest BCUT2D eigenvalue weighted by atomic mass is 32.2. The first-order valence-corrected chi connectivity index (χ1v) is 18.3. The number of carbonyl (C=O) groups excluding carboxylic acids is 3. The van der Waals surface area contributed by atoms with Crippen LogP contribution in [0.4, 0.5) is 9.18 Å². The van der Waals surface area contributed by atoms with Crippen LogP contribution >= 0.6 is 0 Å². The van der Waals surface area contributed by atoms with Crippen LogP contribution in [0.3, 0.4) is 0 Å². The Kier molecular flexibility index (Phi) is 10.6. The van der Waals surface area contributed by atoms with Gasteiger partial charge in [-0.15, -0.1) is 0 Å². The summed E-state index contributed by atoms with van der Waals surface area (Å²) < 4.78 is 43.0. The molecule has 9 nitrogen and oxygen atoms in total. The summed E-state index contributed by atoms with van der Waals surface area (Å²) in [7, 11) is -3.31. The first-order valence-electron chi connectivity index (χ1n) is 16.4. The predicted octanol–water partition coefficient (Wildman–Crippen LogP) is 6.19. The van der Waals surface area contributed by atoms with E-state index < -0.39 is 33.5 Å². The minimum Gasteiger partial charge on any atom is -0.444 e. The molecule has 256 valence electrons. The number of rotatable bonds is 10. The van der Waals surface area contributed by atoms with Gasteiger partial charge in [0.2, 0.25) is 5.91 Å². The van der Waals surface area contributed by atoms with Crippen molar-refractivity contribution < 1.29 is 31.9 Å².